The van der Waals surface area contributed by atoms with Gasteiger partial charge in [0, 0.05) is 31.1 Å². The van der Waals surface area contributed by atoms with E-state index in [1.165, 1.54) is 4.90 Å². The molecular formula is C24H25N3O3. The Bertz CT molecular complexity index is 1080. The molecule has 0 spiro atoms. The summed E-state index contributed by atoms with van der Waals surface area (Å²) in [6.45, 7) is 4.24. The highest BCUT2D eigenvalue weighted by Crippen LogP contribution is 2.26. The number of ether oxygens (including phenoxy) is 1. The molecule has 1 aromatic heterocycles. The van der Waals surface area contributed by atoms with Gasteiger partial charge in [0.1, 0.15) is 0 Å². The summed E-state index contributed by atoms with van der Waals surface area (Å²) in [6.07, 6.45) is 0. The van der Waals surface area contributed by atoms with Gasteiger partial charge < -0.3 is 14.5 Å². The van der Waals surface area contributed by atoms with Gasteiger partial charge in [-0.1, -0.05) is 42.0 Å². The maximum atomic E-state index is 13.4. The van der Waals surface area contributed by atoms with Crippen molar-refractivity contribution < 1.29 is 14.3 Å². The van der Waals surface area contributed by atoms with E-state index in [0.29, 0.717) is 31.9 Å². The fourth-order valence-electron chi connectivity index (χ4n) is 3.67. The van der Waals surface area contributed by atoms with Crippen molar-refractivity contribution in [1.82, 2.24) is 14.8 Å². The molecule has 2 amide bonds. The number of hydrogen-bond donors (Lipinski definition) is 0. The summed E-state index contributed by atoms with van der Waals surface area (Å²) in [5, 5.41) is 0.797. The fourth-order valence-corrected chi connectivity index (χ4v) is 3.67. The third-order valence-electron chi connectivity index (χ3n) is 5.35. The number of likely N-dealkylation sites (N-methyl/N-ethyl adjacent to an activating group) is 1. The number of nitrogens with zero attached hydrogens (tertiary/aromatic N) is 3. The molecular weight excluding hydrogens is 378 g/mol. The Kier molecular flexibility index (Phi) is 5.77. The minimum absolute atomic E-state index is 0.0368. The van der Waals surface area contributed by atoms with E-state index in [0.717, 1.165) is 27.7 Å². The Balaban J connectivity index is 1.68. The lowest BCUT2D eigenvalue weighted by molar-refractivity contribution is -0.135. The van der Waals surface area contributed by atoms with Crippen LogP contribution in [0.1, 0.15) is 15.9 Å². The molecule has 6 heteroatoms. The zero-order valence-corrected chi connectivity index (χ0v) is 17.3. The van der Waals surface area contributed by atoms with Gasteiger partial charge in [-0.3, -0.25) is 9.59 Å². The number of aryl methyl sites for hydroxylation is 1. The average Bonchev–Trinajstić information content (AvgIpc) is 2.79. The van der Waals surface area contributed by atoms with Crippen LogP contribution in [0.3, 0.4) is 0 Å². The molecule has 0 N–H and O–H groups in total. The molecule has 0 atom stereocenters. The molecule has 0 unspecified atom stereocenters. The van der Waals surface area contributed by atoms with Crippen molar-refractivity contribution in [3.05, 3.63) is 65.7 Å². The highest BCUT2D eigenvalue weighted by Gasteiger charge is 2.23. The molecule has 30 heavy (non-hydrogen) atoms. The van der Waals surface area contributed by atoms with Crippen LogP contribution in [0.15, 0.2) is 54.6 Å². The molecule has 6 nitrogen and oxygen atoms in total. The first-order chi connectivity index (χ1) is 14.5. The zero-order valence-electron chi connectivity index (χ0n) is 17.3. The average molecular weight is 403 g/mol. The first kappa shape index (κ1) is 20.0. The number of carbonyl (C=O) groups is 2. The SMILES string of the molecule is Cc1ccc2nc(-c3ccccc3)cc(C(=O)N(C)CC(=O)N3CCOCC3)c2c1. The summed E-state index contributed by atoms with van der Waals surface area (Å²) in [7, 11) is 1.67. The third kappa shape index (κ3) is 4.19. The minimum Gasteiger partial charge on any atom is -0.378 e. The van der Waals surface area contributed by atoms with Crippen LogP contribution in [-0.4, -0.2) is 66.5 Å². The van der Waals surface area contributed by atoms with Crippen molar-refractivity contribution in [2.24, 2.45) is 0 Å². The molecule has 0 saturated carbocycles. The van der Waals surface area contributed by atoms with Crippen LogP contribution in [0.4, 0.5) is 0 Å². The summed E-state index contributed by atoms with van der Waals surface area (Å²) in [6, 6.07) is 17.5. The Morgan fingerprint density at radius 1 is 1.07 bits per heavy atom. The van der Waals surface area contributed by atoms with Crippen LogP contribution >= 0.6 is 0 Å². The van der Waals surface area contributed by atoms with Crippen LogP contribution in [0, 0.1) is 6.92 Å². The van der Waals surface area contributed by atoms with Crippen molar-refractivity contribution in [2.75, 3.05) is 39.9 Å². The minimum atomic E-state index is -0.188. The van der Waals surface area contributed by atoms with Crippen molar-refractivity contribution in [3.8, 4) is 11.3 Å². The van der Waals surface area contributed by atoms with Gasteiger partial charge in [-0.2, -0.15) is 0 Å². The summed E-state index contributed by atoms with van der Waals surface area (Å²) >= 11 is 0. The van der Waals surface area contributed by atoms with Crippen molar-refractivity contribution in [2.45, 2.75) is 6.92 Å². The van der Waals surface area contributed by atoms with E-state index < -0.39 is 0 Å². The number of morpholine rings is 1. The standard InChI is InChI=1S/C24H25N3O3/c1-17-8-9-21-19(14-17)20(15-22(25-21)18-6-4-3-5-7-18)24(29)26(2)16-23(28)27-10-12-30-13-11-27/h3-9,14-15H,10-13,16H2,1-2H3. The highest BCUT2D eigenvalue weighted by molar-refractivity contribution is 6.08. The van der Waals surface area contributed by atoms with E-state index in [1.807, 2.05) is 61.5 Å². The van der Waals surface area contributed by atoms with Gasteiger partial charge in [0.15, 0.2) is 0 Å². The molecule has 1 aliphatic heterocycles. The monoisotopic (exact) mass is 403 g/mol. The molecule has 1 aliphatic rings. The molecule has 3 aromatic rings. The van der Waals surface area contributed by atoms with E-state index in [4.69, 9.17) is 9.72 Å². The number of benzene rings is 2. The summed E-state index contributed by atoms with van der Waals surface area (Å²) in [4.78, 5) is 34.0. The molecule has 0 bridgehead atoms. The molecule has 1 fully saturated rings. The second-order valence-electron chi connectivity index (χ2n) is 7.60. The van der Waals surface area contributed by atoms with E-state index >= 15 is 0 Å². The molecule has 2 heterocycles. The lowest BCUT2D eigenvalue weighted by atomic mass is 10.0. The summed E-state index contributed by atoms with van der Waals surface area (Å²) in [5.41, 5.74) is 4.06. The molecule has 0 radical (unpaired) electrons. The van der Waals surface area contributed by atoms with Crippen molar-refractivity contribution >= 4 is 22.7 Å². The van der Waals surface area contributed by atoms with E-state index in [-0.39, 0.29) is 18.4 Å². The molecule has 0 aliphatic carbocycles. The van der Waals surface area contributed by atoms with Crippen LogP contribution < -0.4 is 0 Å². The Morgan fingerprint density at radius 3 is 2.53 bits per heavy atom. The van der Waals surface area contributed by atoms with Crippen LogP contribution in [0.2, 0.25) is 0 Å². The number of carbonyl (C=O) groups excluding carboxylic acids is 2. The third-order valence-corrected chi connectivity index (χ3v) is 5.35. The number of aromatic nitrogens is 1. The molecule has 1 saturated heterocycles. The first-order valence-corrected chi connectivity index (χ1v) is 10.1. The second-order valence-corrected chi connectivity index (χ2v) is 7.60. The van der Waals surface area contributed by atoms with Gasteiger partial charge in [-0.05, 0) is 25.1 Å². The largest absolute Gasteiger partial charge is 0.378 e. The van der Waals surface area contributed by atoms with Gasteiger partial charge in [0.25, 0.3) is 5.91 Å². The smallest absolute Gasteiger partial charge is 0.254 e. The van der Waals surface area contributed by atoms with Gasteiger partial charge in [0.2, 0.25) is 5.91 Å². The fraction of sp³-hybridized carbons (Fsp3) is 0.292. The van der Waals surface area contributed by atoms with E-state index in [9.17, 15) is 9.59 Å². The number of pyridine rings is 1. The zero-order chi connectivity index (χ0) is 21.1. The van der Waals surface area contributed by atoms with Crippen LogP contribution in [0.25, 0.3) is 22.2 Å². The summed E-state index contributed by atoms with van der Waals surface area (Å²) in [5.74, 6) is -0.251. The predicted molar refractivity (Wildman–Crippen MR) is 116 cm³/mol. The topological polar surface area (TPSA) is 62.7 Å². The number of fused-ring (bicyclic) bond motifs is 1. The lowest BCUT2D eigenvalue weighted by Crippen LogP contribution is -2.46. The van der Waals surface area contributed by atoms with Gasteiger partial charge >= 0.3 is 0 Å². The van der Waals surface area contributed by atoms with Gasteiger partial charge in [-0.25, -0.2) is 4.98 Å². The maximum Gasteiger partial charge on any atom is 0.254 e. The normalized spacial score (nSPS) is 14.0. The quantitative estimate of drug-likeness (QED) is 0.671. The maximum absolute atomic E-state index is 13.4. The molecule has 2 aromatic carbocycles. The Morgan fingerprint density at radius 2 is 1.80 bits per heavy atom. The number of hydrogen-bond acceptors (Lipinski definition) is 4. The summed E-state index contributed by atoms with van der Waals surface area (Å²) < 4.78 is 5.30. The van der Waals surface area contributed by atoms with E-state index in [2.05, 4.69) is 0 Å². The van der Waals surface area contributed by atoms with Crippen molar-refractivity contribution in [3.63, 3.8) is 0 Å². The van der Waals surface area contributed by atoms with Crippen LogP contribution in [0.5, 0.6) is 0 Å². The predicted octanol–water partition coefficient (Wildman–Crippen LogP) is 3.14. The Labute approximate surface area is 176 Å². The Hall–Kier alpha value is -3.25. The highest BCUT2D eigenvalue weighted by atomic mass is 16.5. The molecule has 4 rings (SSSR count). The lowest BCUT2D eigenvalue weighted by Gasteiger charge is -2.29. The van der Waals surface area contributed by atoms with Crippen LogP contribution in [-0.2, 0) is 9.53 Å². The van der Waals surface area contributed by atoms with Gasteiger partial charge in [-0.15, -0.1) is 0 Å². The first-order valence-electron chi connectivity index (χ1n) is 10.1. The van der Waals surface area contributed by atoms with E-state index in [1.54, 1.807) is 11.9 Å². The number of amides is 2. The van der Waals surface area contributed by atoms with Gasteiger partial charge in [0.05, 0.1) is 36.5 Å². The molecule has 154 valence electrons. The van der Waals surface area contributed by atoms with Crippen molar-refractivity contribution in [1.29, 1.82) is 0 Å². The number of rotatable bonds is 4. The second kappa shape index (κ2) is 8.63.